The lowest BCUT2D eigenvalue weighted by molar-refractivity contribution is -0.129. The van der Waals surface area contributed by atoms with Gasteiger partial charge in [0.2, 0.25) is 11.8 Å². The Kier molecular flexibility index (Phi) is 7.70. The lowest BCUT2D eigenvalue weighted by atomic mass is 10.1. The molecule has 2 amide bonds. The third-order valence-electron chi connectivity index (χ3n) is 2.75. The Morgan fingerprint density at radius 2 is 1.80 bits per heavy atom. The maximum atomic E-state index is 12.4. The van der Waals surface area contributed by atoms with Crippen molar-refractivity contribution in [2.45, 2.75) is 13.2 Å². The number of hydrogen-bond donors (Lipinski definition) is 1. The van der Waals surface area contributed by atoms with E-state index in [0.717, 1.165) is 24.3 Å². The van der Waals surface area contributed by atoms with Gasteiger partial charge in [-0.2, -0.15) is 17.6 Å². The van der Waals surface area contributed by atoms with Crippen molar-refractivity contribution in [2.24, 2.45) is 0 Å². The van der Waals surface area contributed by atoms with Crippen LogP contribution in [0.2, 0.25) is 0 Å². The number of benzene rings is 1. The van der Waals surface area contributed by atoms with Crippen molar-refractivity contribution < 1.29 is 36.6 Å². The minimum Gasteiger partial charge on any atom is -0.435 e. The molecule has 0 unspecified atom stereocenters. The average molecular weight is 364 g/mol. The number of nitrogens with one attached hydrogen (secondary N) is 1. The van der Waals surface area contributed by atoms with E-state index in [4.69, 9.17) is 0 Å². The van der Waals surface area contributed by atoms with Crippen LogP contribution in [0.1, 0.15) is 5.56 Å². The molecule has 0 bridgehead atoms. The summed E-state index contributed by atoms with van der Waals surface area (Å²) in [7, 11) is 3.03. The molecule has 0 aromatic heterocycles. The quantitative estimate of drug-likeness (QED) is 0.567. The molecule has 0 saturated heterocycles. The molecular weight excluding hydrogens is 348 g/mol. The van der Waals surface area contributed by atoms with Crippen LogP contribution in [0.5, 0.6) is 11.5 Å². The van der Waals surface area contributed by atoms with Crippen molar-refractivity contribution in [1.29, 1.82) is 0 Å². The average Bonchev–Trinajstić information content (AvgIpc) is 2.50. The highest BCUT2D eigenvalue weighted by Crippen LogP contribution is 2.28. The van der Waals surface area contributed by atoms with Crippen LogP contribution in [0.25, 0.3) is 6.08 Å². The molecule has 138 valence electrons. The van der Waals surface area contributed by atoms with E-state index < -0.39 is 24.9 Å². The van der Waals surface area contributed by atoms with Gasteiger partial charge in [-0.15, -0.1) is 0 Å². The highest BCUT2D eigenvalue weighted by molar-refractivity contribution is 5.94. The van der Waals surface area contributed by atoms with Crippen LogP contribution in [0.3, 0.4) is 0 Å². The second kappa shape index (κ2) is 9.50. The highest BCUT2D eigenvalue weighted by Gasteiger charge is 2.12. The van der Waals surface area contributed by atoms with E-state index in [1.807, 2.05) is 0 Å². The molecule has 10 heteroatoms. The predicted octanol–water partition coefficient (Wildman–Crippen LogP) is 2.11. The van der Waals surface area contributed by atoms with Crippen LogP contribution in [-0.2, 0) is 9.59 Å². The fraction of sp³-hybridized carbons (Fsp3) is 0.333. The largest absolute Gasteiger partial charge is 0.435 e. The predicted molar refractivity (Wildman–Crippen MR) is 80.4 cm³/mol. The SMILES string of the molecule is CN(C)C(=O)CNC(=O)/C=C/c1ccc(OC(F)F)cc1OC(F)F. The van der Waals surface area contributed by atoms with Gasteiger partial charge in [0.05, 0.1) is 6.54 Å². The maximum Gasteiger partial charge on any atom is 0.387 e. The number of rotatable bonds is 8. The van der Waals surface area contributed by atoms with E-state index in [1.165, 1.54) is 25.1 Å². The topological polar surface area (TPSA) is 67.9 Å². The van der Waals surface area contributed by atoms with E-state index >= 15 is 0 Å². The first-order chi connectivity index (χ1) is 11.7. The number of halogens is 4. The van der Waals surface area contributed by atoms with Gasteiger partial charge in [0.1, 0.15) is 11.5 Å². The summed E-state index contributed by atoms with van der Waals surface area (Å²) in [6.07, 6.45) is 2.13. The molecule has 0 heterocycles. The van der Waals surface area contributed by atoms with Gasteiger partial charge in [-0.1, -0.05) is 0 Å². The van der Waals surface area contributed by atoms with Crippen molar-refractivity contribution in [3.05, 3.63) is 29.8 Å². The Labute approximate surface area is 141 Å². The normalized spacial score (nSPS) is 11.0. The molecule has 0 spiro atoms. The molecule has 6 nitrogen and oxygen atoms in total. The Balaban J connectivity index is 2.84. The molecule has 0 radical (unpaired) electrons. The van der Waals surface area contributed by atoms with Crippen LogP contribution in [0.15, 0.2) is 24.3 Å². The number of likely N-dealkylation sites (N-methyl/N-ethyl adjacent to an activating group) is 1. The zero-order valence-electron chi connectivity index (χ0n) is 13.3. The molecule has 25 heavy (non-hydrogen) atoms. The monoisotopic (exact) mass is 364 g/mol. The number of carbonyl (C=O) groups is 2. The Hall–Kier alpha value is -2.78. The number of hydrogen-bond acceptors (Lipinski definition) is 4. The lowest BCUT2D eigenvalue weighted by Gasteiger charge is -2.11. The Morgan fingerprint density at radius 3 is 2.36 bits per heavy atom. The van der Waals surface area contributed by atoms with E-state index in [1.54, 1.807) is 0 Å². The highest BCUT2D eigenvalue weighted by atomic mass is 19.3. The minimum atomic E-state index is -3.19. The maximum absolute atomic E-state index is 12.4. The number of nitrogens with zero attached hydrogens (tertiary/aromatic N) is 1. The summed E-state index contributed by atoms with van der Waals surface area (Å²) in [5.41, 5.74) is 0.0380. The van der Waals surface area contributed by atoms with Gasteiger partial charge in [0.25, 0.3) is 0 Å². The van der Waals surface area contributed by atoms with Crippen LogP contribution in [-0.4, -0.2) is 50.6 Å². The molecule has 0 aliphatic heterocycles. The third kappa shape index (κ3) is 7.55. The van der Waals surface area contributed by atoms with Gasteiger partial charge in [-0.25, -0.2) is 0 Å². The lowest BCUT2D eigenvalue weighted by Crippen LogP contribution is -2.35. The van der Waals surface area contributed by atoms with Crippen molar-refractivity contribution in [3.63, 3.8) is 0 Å². The van der Waals surface area contributed by atoms with Crippen LogP contribution in [0.4, 0.5) is 17.6 Å². The molecular formula is C15H16F4N2O4. The zero-order valence-corrected chi connectivity index (χ0v) is 13.3. The first-order valence-electron chi connectivity index (χ1n) is 6.88. The molecule has 1 rings (SSSR count). The first kappa shape index (κ1) is 20.3. The van der Waals surface area contributed by atoms with Gasteiger partial charge in [-0.05, 0) is 18.2 Å². The number of alkyl halides is 4. The number of ether oxygens (including phenoxy) is 2. The first-order valence-corrected chi connectivity index (χ1v) is 6.88. The fourth-order valence-electron chi connectivity index (χ4n) is 1.57. The summed E-state index contributed by atoms with van der Waals surface area (Å²) in [5, 5.41) is 2.30. The second-order valence-electron chi connectivity index (χ2n) is 4.80. The van der Waals surface area contributed by atoms with Gasteiger partial charge in [-0.3, -0.25) is 9.59 Å². The van der Waals surface area contributed by atoms with E-state index in [9.17, 15) is 27.2 Å². The molecule has 0 saturated carbocycles. The van der Waals surface area contributed by atoms with E-state index in [0.29, 0.717) is 0 Å². The smallest absolute Gasteiger partial charge is 0.387 e. The second-order valence-corrected chi connectivity index (χ2v) is 4.80. The van der Waals surface area contributed by atoms with Gasteiger partial charge >= 0.3 is 13.2 Å². The van der Waals surface area contributed by atoms with Crippen LogP contribution < -0.4 is 14.8 Å². The van der Waals surface area contributed by atoms with Gasteiger partial charge in [0.15, 0.2) is 0 Å². The third-order valence-corrected chi connectivity index (χ3v) is 2.75. The summed E-state index contributed by atoms with van der Waals surface area (Å²) in [4.78, 5) is 24.2. The zero-order chi connectivity index (χ0) is 19.0. The van der Waals surface area contributed by atoms with Crippen LogP contribution >= 0.6 is 0 Å². The van der Waals surface area contributed by atoms with Gasteiger partial charge in [0, 0.05) is 31.8 Å². The van der Waals surface area contributed by atoms with Crippen molar-refractivity contribution in [1.82, 2.24) is 10.2 Å². The van der Waals surface area contributed by atoms with Gasteiger partial charge < -0.3 is 19.7 Å². The summed E-state index contributed by atoms with van der Waals surface area (Å²) in [6.45, 7) is -6.56. The Bertz CT molecular complexity index is 636. The molecule has 1 aromatic carbocycles. The summed E-state index contributed by atoms with van der Waals surface area (Å²) < 4.78 is 57.5. The number of amides is 2. The molecule has 0 aliphatic rings. The minimum absolute atomic E-state index is 0.0380. The van der Waals surface area contributed by atoms with Crippen LogP contribution in [0, 0.1) is 0 Å². The van der Waals surface area contributed by atoms with Crippen molar-refractivity contribution >= 4 is 17.9 Å². The Morgan fingerprint density at radius 1 is 1.16 bits per heavy atom. The molecule has 0 aliphatic carbocycles. The van der Waals surface area contributed by atoms with E-state index in [2.05, 4.69) is 14.8 Å². The van der Waals surface area contributed by atoms with E-state index in [-0.39, 0.29) is 23.8 Å². The fourth-order valence-corrected chi connectivity index (χ4v) is 1.57. The number of carbonyl (C=O) groups excluding carboxylic acids is 2. The summed E-state index contributed by atoms with van der Waals surface area (Å²) in [5.74, 6) is -1.80. The molecule has 1 N–H and O–H groups in total. The molecule has 0 atom stereocenters. The summed E-state index contributed by atoms with van der Waals surface area (Å²) in [6, 6.07) is 3.13. The molecule has 0 fully saturated rings. The van der Waals surface area contributed by atoms with Crippen molar-refractivity contribution in [2.75, 3.05) is 20.6 Å². The molecule has 1 aromatic rings. The standard InChI is InChI=1S/C15H16F4N2O4/c1-21(2)13(23)8-20-12(22)6-4-9-3-5-10(24-14(16)17)7-11(9)25-15(18)19/h3-7,14-15H,8H2,1-2H3,(H,20,22)/b6-4+. The van der Waals surface area contributed by atoms with Crippen molar-refractivity contribution in [3.8, 4) is 11.5 Å². The summed E-state index contributed by atoms with van der Waals surface area (Å²) >= 11 is 0.